The number of carbonyl (C=O) groups excluding carboxylic acids is 2. The SMILES string of the molecule is COc1ccc(CCC(=O)N2CCCC(CNC(=O)C3CCCN3)C2)cc1.Cl. The second kappa shape index (κ2) is 11.3. The highest BCUT2D eigenvalue weighted by molar-refractivity contribution is 5.85. The van der Waals surface area contributed by atoms with Crippen LogP contribution in [0, 0.1) is 5.92 Å². The number of ether oxygens (including phenoxy) is 1. The Balaban J connectivity index is 0.00000280. The van der Waals surface area contributed by atoms with Crippen LogP contribution in [0.4, 0.5) is 0 Å². The van der Waals surface area contributed by atoms with E-state index in [-0.39, 0.29) is 30.3 Å². The predicted octanol–water partition coefficient (Wildman–Crippen LogP) is 2.16. The molecule has 2 aliphatic rings. The van der Waals surface area contributed by atoms with Crippen molar-refractivity contribution in [3.63, 3.8) is 0 Å². The third-order valence-corrected chi connectivity index (χ3v) is 5.60. The number of piperidine rings is 1. The van der Waals surface area contributed by atoms with E-state index in [1.54, 1.807) is 7.11 Å². The molecule has 2 fully saturated rings. The third kappa shape index (κ3) is 6.38. The number of aryl methyl sites for hydroxylation is 1. The van der Waals surface area contributed by atoms with E-state index in [0.717, 1.165) is 63.1 Å². The van der Waals surface area contributed by atoms with Gasteiger partial charge in [-0.3, -0.25) is 9.59 Å². The Morgan fingerprint density at radius 1 is 1.21 bits per heavy atom. The maximum Gasteiger partial charge on any atom is 0.237 e. The van der Waals surface area contributed by atoms with Gasteiger partial charge in [0.15, 0.2) is 0 Å². The molecule has 2 unspecified atom stereocenters. The van der Waals surface area contributed by atoms with E-state index in [9.17, 15) is 9.59 Å². The molecule has 2 atom stereocenters. The van der Waals surface area contributed by atoms with Gasteiger partial charge >= 0.3 is 0 Å². The fourth-order valence-corrected chi connectivity index (χ4v) is 3.94. The summed E-state index contributed by atoms with van der Waals surface area (Å²) < 4.78 is 5.16. The molecule has 6 nitrogen and oxygen atoms in total. The molecule has 2 saturated heterocycles. The van der Waals surface area contributed by atoms with Crippen LogP contribution in [-0.2, 0) is 16.0 Å². The van der Waals surface area contributed by atoms with Gasteiger partial charge in [0.05, 0.1) is 13.2 Å². The van der Waals surface area contributed by atoms with Crippen molar-refractivity contribution >= 4 is 24.2 Å². The molecule has 1 aromatic rings. The molecule has 28 heavy (non-hydrogen) atoms. The van der Waals surface area contributed by atoms with Crippen molar-refractivity contribution in [3.8, 4) is 5.75 Å². The molecule has 0 bridgehead atoms. The number of likely N-dealkylation sites (tertiary alicyclic amines) is 1. The van der Waals surface area contributed by atoms with Gasteiger partial charge in [-0.25, -0.2) is 0 Å². The highest BCUT2D eigenvalue weighted by atomic mass is 35.5. The summed E-state index contributed by atoms with van der Waals surface area (Å²) in [5.74, 6) is 1.50. The van der Waals surface area contributed by atoms with E-state index in [2.05, 4.69) is 10.6 Å². The number of rotatable bonds is 7. The van der Waals surface area contributed by atoms with E-state index >= 15 is 0 Å². The number of benzene rings is 1. The first kappa shape index (κ1) is 22.5. The van der Waals surface area contributed by atoms with Gasteiger partial charge in [-0.05, 0) is 62.3 Å². The van der Waals surface area contributed by atoms with Crippen molar-refractivity contribution in [3.05, 3.63) is 29.8 Å². The van der Waals surface area contributed by atoms with Crippen molar-refractivity contribution in [2.75, 3.05) is 33.3 Å². The smallest absolute Gasteiger partial charge is 0.237 e. The summed E-state index contributed by atoms with van der Waals surface area (Å²) in [7, 11) is 1.65. The monoisotopic (exact) mass is 409 g/mol. The molecule has 2 amide bonds. The van der Waals surface area contributed by atoms with Crippen LogP contribution in [0.2, 0.25) is 0 Å². The number of nitrogens with zero attached hydrogens (tertiary/aromatic N) is 1. The molecule has 156 valence electrons. The van der Waals surface area contributed by atoms with Crippen LogP contribution in [0.25, 0.3) is 0 Å². The van der Waals surface area contributed by atoms with Crippen molar-refractivity contribution in [2.24, 2.45) is 5.92 Å². The van der Waals surface area contributed by atoms with E-state index in [0.29, 0.717) is 18.9 Å². The Hall–Kier alpha value is -1.79. The van der Waals surface area contributed by atoms with Gasteiger partial charge in [0.2, 0.25) is 11.8 Å². The lowest BCUT2D eigenvalue weighted by molar-refractivity contribution is -0.132. The first-order chi connectivity index (χ1) is 13.2. The lowest BCUT2D eigenvalue weighted by Gasteiger charge is -2.33. The molecular weight excluding hydrogens is 378 g/mol. The third-order valence-electron chi connectivity index (χ3n) is 5.60. The number of nitrogens with one attached hydrogen (secondary N) is 2. The molecule has 0 saturated carbocycles. The van der Waals surface area contributed by atoms with Crippen LogP contribution in [0.3, 0.4) is 0 Å². The number of hydrogen-bond acceptors (Lipinski definition) is 4. The average molecular weight is 410 g/mol. The van der Waals surface area contributed by atoms with Gasteiger partial charge in [-0.1, -0.05) is 12.1 Å². The molecule has 2 heterocycles. The average Bonchev–Trinajstić information content (AvgIpc) is 3.26. The standard InChI is InChI=1S/C21H31N3O3.ClH/c1-27-18-9-6-16(7-10-18)8-11-20(25)24-13-3-4-17(15-24)14-23-21(26)19-5-2-12-22-19;/h6-7,9-10,17,19,22H,2-5,8,11-15H2,1H3,(H,23,26);1H. The van der Waals surface area contributed by atoms with Crippen LogP contribution < -0.4 is 15.4 Å². The van der Waals surface area contributed by atoms with Crippen molar-refractivity contribution in [1.82, 2.24) is 15.5 Å². The lowest BCUT2D eigenvalue weighted by Crippen LogP contribution is -2.46. The van der Waals surface area contributed by atoms with E-state index in [1.807, 2.05) is 29.2 Å². The van der Waals surface area contributed by atoms with Gasteiger partial charge in [-0.15, -0.1) is 12.4 Å². The second-order valence-electron chi connectivity index (χ2n) is 7.59. The van der Waals surface area contributed by atoms with E-state index in [1.165, 1.54) is 0 Å². The Labute approximate surface area is 173 Å². The van der Waals surface area contributed by atoms with Gasteiger partial charge in [0.1, 0.15) is 5.75 Å². The highest BCUT2D eigenvalue weighted by Crippen LogP contribution is 2.18. The molecule has 7 heteroatoms. The topological polar surface area (TPSA) is 70.7 Å². The number of halogens is 1. The minimum atomic E-state index is -0.0316. The zero-order valence-electron chi connectivity index (χ0n) is 16.6. The Kier molecular flexibility index (Phi) is 9.06. The Bertz CT molecular complexity index is 632. The zero-order valence-corrected chi connectivity index (χ0v) is 17.4. The molecule has 0 spiro atoms. The van der Waals surface area contributed by atoms with Crippen LogP contribution in [0.15, 0.2) is 24.3 Å². The molecule has 2 aliphatic heterocycles. The molecule has 1 aromatic carbocycles. The van der Waals surface area contributed by atoms with E-state index in [4.69, 9.17) is 4.74 Å². The number of hydrogen-bond donors (Lipinski definition) is 2. The number of carbonyl (C=O) groups is 2. The molecule has 0 radical (unpaired) electrons. The van der Waals surface area contributed by atoms with Gasteiger partial charge < -0.3 is 20.3 Å². The van der Waals surface area contributed by atoms with Crippen LogP contribution in [-0.4, -0.2) is 56.0 Å². The largest absolute Gasteiger partial charge is 0.497 e. The second-order valence-corrected chi connectivity index (χ2v) is 7.59. The van der Waals surface area contributed by atoms with Crippen molar-refractivity contribution < 1.29 is 14.3 Å². The number of amides is 2. The predicted molar refractivity (Wildman–Crippen MR) is 112 cm³/mol. The first-order valence-corrected chi connectivity index (χ1v) is 10.1. The molecular formula is C21H32ClN3O3. The molecule has 3 rings (SSSR count). The van der Waals surface area contributed by atoms with Gasteiger partial charge in [0, 0.05) is 26.1 Å². The molecule has 0 aromatic heterocycles. The van der Waals surface area contributed by atoms with Gasteiger partial charge in [-0.2, -0.15) is 0 Å². The van der Waals surface area contributed by atoms with Crippen molar-refractivity contribution in [1.29, 1.82) is 0 Å². The Morgan fingerprint density at radius 3 is 2.68 bits per heavy atom. The summed E-state index contributed by atoms with van der Waals surface area (Å²) >= 11 is 0. The summed E-state index contributed by atoms with van der Waals surface area (Å²) in [5.41, 5.74) is 1.15. The van der Waals surface area contributed by atoms with Crippen LogP contribution >= 0.6 is 12.4 Å². The minimum Gasteiger partial charge on any atom is -0.497 e. The highest BCUT2D eigenvalue weighted by Gasteiger charge is 2.26. The maximum absolute atomic E-state index is 12.6. The molecule has 0 aliphatic carbocycles. The maximum atomic E-state index is 12.6. The van der Waals surface area contributed by atoms with Gasteiger partial charge in [0.25, 0.3) is 0 Å². The van der Waals surface area contributed by atoms with Crippen LogP contribution in [0.1, 0.15) is 37.7 Å². The summed E-state index contributed by atoms with van der Waals surface area (Å²) in [6.45, 7) is 3.17. The zero-order chi connectivity index (χ0) is 19.1. The fourth-order valence-electron chi connectivity index (χ4n) is 3.94. The Morgan fingerprint density at radius 2 is 2.00 bits per heavy atom. The quantitative estimate of drug-likeness (QED) is 0.724. The number of methoxy groups -OCH3 is 1. The fraction of sp³-hybridized carbons (Fsp3) is 0.619. The molecule has 2 N–H and O–H groups in total. The summed E-state index contributed by atoms with van der Waals surface area (Å²) in [6, 6.07) is 7.85. The van der Waals surface area contributed by atoms with E-state index < -0.39 is 0 Å². The summed E-state index contributed by atoms with van der Waals surface area (Å²) in [6.07, 6.45) is 5.34. The lowest BCUT2D eigenvalue weighted by atomic mass is 9.97. The minimum absolute atomic E-state index is 0. The van der Waals surface area contributed by atoms with Crippen LogP contribution in [0.5, 0.6) is 5.75 Å². The van der Waals surface area contributed by atoms with Crippen molar-refractivity contribution in [2.45, 2.75) is 44.6 Å². The normalized spacial score (nSPS) is 21.7. The summed E-state index contributed by atoms with van der Waals surface area (Å²) in [4.78, 5) is 26.7. The summed E-state index contributed by atoms with van der Waals surface area (Å²) in [5, 5.41) is 6.30. The first-order valence-electron chi connectivity index (χ1n) is 10.1.